The summed E-state index contributed by atoms with van der Waals surface area (Å²) >= 11 is 0. The van der Waals surface area contributed by atoms with Crippen molar-refractivity contribution in [2.24, 2.45) is 0 Å². The summed E-state index contributed by atoms with van der Waals surface area (Å²) in [4.78, 5) is 2.31. The number of benzene rings is 1. The number of rotatable bonds is 5. The van der Waals surface area contributed by atoms with Gasteiger partial charge in [-0.3, -0.25) is 0 Å². The highest BCUT2D eigenvalue weighted by Crippen LogP contribution is 2.16. The molecular formula is C18H22N4. The average Bonchev–Trinajstić information content (AvgIpc) is 2.61. The molecule has 0 saturated carbocycles. The molecule has 0 amide bonds. The molecule has 2 heterocycles. The Morgan fingerprint density at radius 3 is 2.91 bits per heavy atom. The van der Waals surface area contributed by atoms with E-state index in [-0.39, 0.29) is 0 Å². The fourth-order valence-electron chi connectivity index (χ4n) is 2.81. The first kappa shape index (κ1) is 14.7. The van der Waals surface area contributed by atoms with Gasteiger partial charge in [0.05, 0.1) is 0 Å². The van der Waals surface area contributed by atoms with Crippen LogP contribution in [-0.2, 0) is 0 Å². The van der Waals surface area contributed by atoms with Gasteiger partial charge in [0.2, 0.25) is 0 Å². The van der Waals surface area contributed by atoms with E-state index in [1.54, 1.807) is 6.20 Å². The second-order valence-electron chi connectivity index (χ2n) is 5.59. The fourth-order valence-corrected chi connectivity index (χ4v) is 2.81. The minimum Gasteiger partial charge on any atom is -0.354 e. The molecule has 0 spiro atoms. The first-order chi connectivity index (χ1) is 10.9. The SMILES string of the molecule is C(=C\c1ccccc1)/CNC1CCCN(c2cccnn2)C1. The monoisotopic (exact) mass is 294 g/mol. The normalized spacial score (nSPS) is 18.7. The maximum Gasteiger partial charge on any atom is 0.151 e. The summed E-state index contributed by atoms with van der Waals surface area (Å²) in [6, 6.07) is 14.9. The predicted molar refractivity (Wildman–Crippen MR) is 90.7 cm³/mol. The molecule has 1 aromatic carbocycles. The quantitative estimate of drug-likeness (QED) is 0.920. The van der Waals surface area contributed by atoms with Gasteiger partial charge in [0.15, 0.2) is 5.82 Å². The Kier molecular flexibility index (Phi) is 5.16. The summed E-state index contributed by atoms with van der Waals surface area (Å²) in [6.45, 7) is 2.96. The first-order valence-electron chi connectivity index (χ1n) is 7.89. The summed E-state index contributed by atoms with van der Waals surface area (Å²) < 4.78 is 0. The molecule has 3 rings (SSSR count). The molecule has 1 aliphatic rings. The topological polar surface area (TPSA) is 41.0 Å². The molecule has 1 N–H and O–H groups in total. The Balaban J connectivity index is 1.48. The highest BCUT2D eigenvalue weighted by molar-refractivity contribution is 5.48. The van der Waals surface area contributed by atoms with Crippen molar-refractivity contribution in [3.05, 3.63) is 60.3 Å². The van der Waals surface area contributed by atoms with E-state index in [0.717, 1.165) is 25.5 Å². The Hall–Kier alpha value is -2.20. The summed E-state index contributed by atoms with van der Waals surface area (Å²) in [6.07, 6.45) is 8.48. The van der Waals surface area contributed by atoms with Crippen LogP contribution in [0.1, 0.15) is 18.4 Å². The maximum absolute atomic E-state index is 4.21. The standard InChI is InChI=1S/C18H22N4/c1-2-7-16(8-3-1)9-4-12-19-17-10-6-14-22(15-17)18-11-5-13-20-21-18/h1-5,7-9,11,13,17,19H,6,10,12,14-15H2/b9-4+. The van der Waals surface area contributed by atoms with Gasteiger partial charge in [0.25, 0.3) is 0 Å². The highest BCUT2D eigenvalue weighted by Gasteiger charge is 2.19. The zero-order chi connectivity index (χ0) is 15.0. The van der Waals surface area contributed by atoms with Crippen LogP contribution < -0.4 is 10.2 Å². The number of hydrogen-bond donors (Lipinski definition) is 1. The molecule has 0 radical (unpaired) electrons. The molecule has 22 heavy (non-hydrogen) atoms. The zero-order valence-corrected chi connectivity index (χ0v) is 12.7. The number of aromatic nitrogens is 2. The molecule has 0 bridgehead atoms. The average molecular weight is 294 g/mol. The van der Waals surface area contributed by atoms with E-state index >= 15 is 0 Å². The minimum absolute atomic E-state index is 0.510. The van der Waals surface area contributed by atoms with E-state index in [9.17, 15) is 0 Å². The third-order valence-electron chi connectivity index (χ3n) is 3.94. The van der Waals surface area contributed by atoms with Crippen LogP contribution in [0.3, 0.4) is 0 Å². The molecule has 1 saturated heterocycles. The number of nitrogens with one attached hydrogen (secondary N) is 1. The number of nitrogens with zero attached hydrogens (tertiary/aromatic N) is 3. The number of anilines is 1. The molecule has 4 heteroatoms. The molecule has 1 unspecified atom stereocenters. The van der Waals surface area contributed by atoms with Crippen LogP contribution >= 0.6 is 0 Å². The van der Waals surface area contributed by atoms with E-state index < -0.39 is 0 Å². The molecule has 1 fully saturated rings. The van der Waals surface area contributed by atoms with Crippen molar-refractivity contribution in [1.29, 1.82) is 0 Å². The van der Waals surface area contributed by atoms with E-state index in [1.807, 2.05) is 18.2 Å². The van der Waals surface area contributed by atoms with Crippen molar-refractivity contribution in [3.8, 4) is 0 Å². The lowest BCUT2D eigenvalue weighted by atomic mass is 10.1. The van der Waals surface area contributed by atoms with Crippen LogP contribution in [0, 0.1) is 0 Å². The van der Waals surface area contributed by atoms with E-state index in [2.05, 4.69) is 56.8 Å². The number of hydrogen-bond acceptors (Lipinski definition) is 4. The Morgan fingerprint density at radius 2 is 2.09 bits per heavy atom. The van der Waals surface area contributed by atoms with Gasteiger partial charge in [0, 0.05) is 31.9 Å². The molecule has 2 aromatic rings. The van der Waals surface area contributed by atoms with Crippen LogP contribution in [0.25, 0.3) is 6.08 Å². The fraction of sp³-hybridized carbons (Fsp3) is 0.333. The van der Waals surface area contributed by atoms with Crippen molar-refractivity contribution in [1.82, 2.24) is 15.5 Å². The van der Waals surface area contributed by atoms with Gasteiger partial charge in [-0.25, -0.2) is 0 Å². The summed E-state index contributed by atoms with van der Waals surface area (Å²) in [5, 5.41) is 11.8. The summed E-state index contributed by atoms with van der Waals surface area (Å²) in [7, 11) is 0. The van der Waals surface area contributed by atoms with Gasteiger partial charge in [-0.05, 0) is 30.5 Å². The smallest absolute Gasteiger partial charge is 0.151 e. The van der Waals surface area contributed by atoms with E-state index in [4.69, 9.17) is 0 Å². The minimum atomic E-state index is 0.510. The van der Waals surface area contributed by atoms with Crippen LogP contribution in [0.5, 0.6) is 0 Å². The predicted octanol–water partition coefficient (Wildman–Crippen LogP) is 2.75. The van der Waals surface area contributed by atoms with E-state index in [1.165, 1.54) is 18.4 Å². The Bertz CT molecular complexity index is 583. The van der Waals surface area contributed by atoms with Crippen molar-refractivity contribution < 1.29 is 0 Å². The van der Waals surface area contributed by atoms with E-state index in [0.29, 0.717) is 6.04 Å². The van der Waals surface area contributed by atoms with Crippen molar-refractivity contribution in [2.45, 2.75) is 18.9 Å². The third-order valence-corrected chi connectivity index (χ3v) is 3.94. The third kappa shape index (κ3) is 4.15. The molecular weight excluding hydrogens is 272 g/mol. The molecule has 114 valence electrons. The van der Waals surface area contributed by atoms with Gasteiger partial charge in [-0.1, -0.05) is 42.5 Å². The van der Waals surface area contributed by atoms with Gasteiger partial charge < -0.3 is 10.2 Å². The highest BCUT2D eigenvalue weighted by atomic mass is 15.3. The molecule has 4 nitrogen and oxygen atoms in total. The summed E-state index contributed by atoms with van der Waals surface area (Å²) in [5.74, 6) is 0.980. The van der Waals surface area contributed by atoms with Crippen LogP contribution in [0.2, 0.25) is 0 Å². The van der Waals surface area contributed by atoms with Crippen molar-refractivity contribution >= 4 is 11.9 Å². The Labute approximate surface area is 131 Å². The Morgan fingerprint density at radius 1 is 1.18 bits per heavy atom. The summed E-state index contributed by atoms with van der Waals surface area (Å²) in [5.41, 5.74) is 1.24. The van der Waals surface area contributed by atoms with Gasteiger partial charge >= 0.3 is 0 Å². The van der Waals surface area contributed by atoms with Crippen molar-refractivity contribution in [2.75, 3.05) is 24.5 Å². The van der Waals surface area contributed by atoms with Crippen molar-refractivity contribution in [3.63, 3.8) is 0 Å². The van der Waals surface area contributed by atoms with Crippen LogP contribution in [-0.4, -0.2) is 35.9 Å². The molecule has 1 aromatic heterocycles. The van der Waals surface area contributed by atoms with Crippen LogP contribution in [0.4, 0.5) is 5.82 Å². The van der Waals surface area contributed by atoms with Crippen LogP contribution in [0.15, 0.2) is 54.7 Å². The number of piperidine rings is 1. The molecule has 0 aliphatic carbocycles. The van der Waals surface area contributed by atoms with Gasteiger partial charge in [-0.2, -0.15) is 5.10 Å². The zero-order valence-electron chi connectivity index (χ0n) is 12.7. The lowest BCUT2D eigenvalue weighted by Gasteiger charge is -2.33. The molecule has 1 atom stereocenters. The largest absolute Gasteiger partial charge is 0.354 e. The first-order valence-corrected chi connectivity index (χ1v) is 7.89. The second-order valence-corrected chi connectivity index (χ2v) is 5.59. The van der Waals surface area contributed by atoms with Gasteiger partial charge in [0.1, 0.15) is 0 Å². The molecule has 1 aliphatic heterocycles. The van der Waals surface area contributed by atoms with Gasteiger partial charge in [-0.15, -0.1) is 5.10 Å². The lowest BCUT2D eigenvalue weighted by molar-refractivity contribution is 0.435. The second kappa shape index (κ2) is 7.71. The maximum atomic E-state index is 4.21. The lowest BCUT2D eigenvalue weighted by Crippen LogP contribution is -2.46.